The first-order valence-corrected chi connectivity index (χ1v) is 12.4. The molecule has 0 aliphatic carbocycles. The van der Waals surface area contributed by atoms with Crippen LogP contribution in [0.4, 0.5) is 11.4 Å². The molecule has 10 nitrogen and oxygen atoms in total. The number of nitrogens with zero attached hydrogens (tertiary/aromatic N) is 2. The van der Waals surface area contributed by atoms with Crippen LogP contribution < -0.4 is 10.2 Å². The molecule has 11 heteroatoms. The molecule has 174 valence electrons. The minimum atomic E-state index is -3.39. The Balaban J connectivity index is 1.31. The van der Waals surface area contributed by atoms with Crippen molar-refractivity contribution in [1.82, 2.24) is 5.16 Å². The van der Waals surface area contributed by atoms with Crippen LogP contribution in [0.25, 0.3) is 11.3 Å². The number of carbonyl (C=O) groups excluding carboxylic acids is 1. The fourth-order valence-electron chi connectivity index (χ4n) is 3.50. The van der Waals surface area contributed by atoms with Crippen molar-refractivity contribution in [3.8, 4) is 11.3 Å². The predicted molar refractivity (Wildman–Crippen MR) is 119 cm³/mol. The molecule has 1 aromatic heterocycles. The Morgan fingerprint density at radius 2 is 1.82 bits per heavy atom. The molecule has 3 aromatic rings. The van der Waals surface area contributed by atoms with Gasteiger partial charge in [0.05, 0.1) is 4.91 Å². The quantitative estimate of drug-likeness (QED) is 0.375. The number of benzene rings is 2. The number of hydrogen-bond donors (Lipinski definition) is 2. The molecule has 33 heavy (non-hydrogen) atoms. The Morgan fingerprint density at radius 1 is 1.12 bits per heavy atom. The molecule has 4 rings (SSSR count). The minimum absolute atomic E-state index is 0.0942. The van der Waals surface area contributed by atoms with Gasteiger partial charge < -0.3 is 0 Å². The van der Waals surface area contributed by atoms with E-state index in [4.69, 9.17) is 18.8 Å². The first-order chi connectivity index (χ1) is 15.9. The van der Waals surface area contributed by atoms with Crippen LogP contribution in [-0.4, -0.2) is 34.4 Å². The molecule has 0 radical (unpaired) electrons. The Kier molecular flexibility index (Phi) is 7.10. The van der Waals surface area contributed by atoms with Crippen molar-refractivity contribution in [3.05, 3.63) is 70.8 Å². The first-order valence-electron chi connectivity index (χ1n) is 10.5. The molecular weight excluding hydrogens is 449 g/mol. The zero-order valence-electron chi connectivity index (χ0n) is 17.7. The average Bonchev–Trinajstić information content (AvgIpc) is 3.28. The van der Waals surface area contributed by atoms with Crippen LogP contribution in [0.2, 0.25) is 0 Å². The van der Waals surface area contributed by atoms with Gasteiger partial charge in [0.1, 0.15) is 0 Å². The van der Waals surface area contributed by atoms with Crippen LogP contribution in [0.1, 0.15) is 24.0 Å². The third-order valence-corrected chi connectivity index (χ3v) is 7.34. The number of aromatic nitrogens is 1. The molecule has 2 heterocycles. The summed E-state index contributed by atoms with van der Waals surface area (Å²) in [6.45, 7) is 0.898. The summed E-state index contributed by atoms with van der Waals surface area (Å²) in [4.78, 5) is 35.6. The summed E-state index contributed by atoms with van der Waals surface area (Å²) in [5, 5.41) is 15.6. The molecule has 1 aliphatic rings. The fraction of sp³-hybridized carbons (Fsp3) is 0.273. The monoisotopic (exact) mass is 473 g/mol. The molecule has 0 bridgehead atoms. The van der Waals surface area contributed by atoms with Crippen molar-refractivity contribution in [2.24, 2.45) is 0 Å². The van der Waals surface area contributed by atoms with Crippen LogP contribution in [0.15, 0.2) is 59.3 Å². The van der Waals surface area contributed by atoms with E-state index >= 15 is 0 Å². The maximum absolute atomic E-state index is 12.5. The van der Waals surface area contributed by atoms with Crippen molar-refractivity contribution < 1.29 is 33.4 Å². The fourth-order valence-corrected chi connectivity index (χ4v) is 5.44. The zero-order valence-corrected chi connectivity index (χ0v) is 18.7. The number of nitrogens with one attached hydrogen (secondary N) is 1. The first kappa shape index (κ1) is 23.0. The van der Waals surface area contributed by atoms with E-state index in [-0.39, 0.29) is 29.1 Å². The molecule has 1 amide bonds. The molecule has 0 unspecified atom stereocenters. The van der Waals surface area contributed by atoms with Gasteiger partial charge in [-0.25, -0.2) is 5.21 Å². The van der Waals surface area contributed by atoms with E-state index in [2.05, 4.69) is 10.5 Å². The number of amides is 1. The summed E-state index contributed by atoms with van der Waals surface area (Å²) in [5.41, 5.74) is 2.96. The second-order valence-corrected chi connectivity index (χ2v) is 9.95. The number of hydrogen-bond acceptors (Lipinski definition) is 7. The Labute approximate surface area is 190 Å². The van der Waals surface area contributed by atoms with Crippen LogP contribution in [-0.2, 0) is 26.4 Å². The number of aryl methyl sites for hydroxylation is 1. The van der Waals surface area contributed by atoms with Gasteiger partial charge in [0, 0.05) is 12.1 Å². The standard InChI is InChI=1S/C22H24N3O7P/c26-21(24-19-7-2-16(3-8-19)15-33(29)30-12-1-13-31-33)11-6-18-14-23-32-22(18)17-4-9-20(10-5-17)25(27)28/h2-5,7-10,14,33H,1,6,11-13,15H2,(H,24,26)(H,27,28). The van der Waals surface area contributed by atoms with E-state index in [0.717, 1.165) is 17.5 Å². The third-order valence-electron chi connectivity index (χ3n) is 5.21. The molecule has 1 fully saturated rings. The average molecular weight is 473 g/mol. The van der Waals surface area contributed by atoms with E-state index in [1.165, 1.54) is 12.1 Å². The van der Waals surface area contributed by atoms with E-state index in [0.29, 0.717) is 36.6 Å². The predicted octanol–water partition coefficient (Wildman–Crippen LogP) is 3.50. The maximum atomic E-state index is 12.5. The number of anilines is 1. The second kappa shape index (κ2) is 10.2. The van der Waals surface area contributed by atoms with Crippen molar-refractivity contribution in [2.75, 3.05) is 18.5 Å². The van der Waals surface area contributed by atoms with Gasteiger partial charge in [0.25, 0.3) is 4.92 Å². The van der Waals surface area contributed by atoms with E-state index in [9.17, 15) is 14.6 Å². The Bertz CT molecular complexity index is 1110. The SMILES string of the molecule is O=C(CCc1cnoc1-c1ccc([N+](=O)O)cc1)Nc1ccc(C[PH]2([O-])OCCCO2)cc1. The Hall–Kier alpha value is -3.17. The molecule has 2 aromatic carbocycles. The normalized spacial score (nSPS) is 16.2. The summed E-state index contributed by atoms with van der Waals surface area (Å²) in [7, 11) is -3.39. The topological polar surface area (TPSA) is 137 Å². The van der Waals surface area contributed by atoms with E-state index in [1.807, 2.05) is 0 Å². The molecule has 0 atom stereocenters. The van der Waals surface area contributed by atoms with Gasteiger partial charge in [-0.15, -0.1) is 0 Å². The number of rotatable bonds is 8. The van der Waals surface area contributed by atoms with Crippen LogP contribution in [0, 0.1) is 4.91 Å². The van der Waals surface area contributed by atoms with Gasteiger partial charge in [-0.1, -0.05) is 0 Å². The summed E-state index contributed by atoms with van der Waals surface area (Å²) < 4.78 is 16.0. The number of carbonyl (C=O) groups is 1. The van der Waals surface area contributed by atoms with Gasteiger partial charge >= 0.3 is 151 Å². The third kappa shape index (κ3) is 6.00. The molecule has 2 N–H and O–H groups in total. The van der Waals surface area contributed by atoms with Gasteiger partial charge in [0.2, 0.25) is 0 Å². The van der Waals surface area contributed by atoms with Gasteiger partial charge in [-0.3, -0.25) is 0 Å². The molecular formula is C22H24N3O7P. The van der Waals surface area contributed by atoms with Crippen molar-refractivity contribution in [2.45, 2.75) is 25.4 Å². The molecule has 1 aliphatic heterocycles. The molecule has 0 spiro atoms. The summed E-state index contributed by atoms with van der Waals surface area (Å²) in [6.07, 6.45) is 3.13. The summed E-state index contributed by atoms with van der Waals surface area (Å²) >= 11 is 0. The zero-order chi connectivity index (χ0) is 23.3. The summed E-state index contributed by atoms with van der Waals surface area (Å²) in [5.74, 6) is 0.318. The van der Waals surface area contributed by atoms with Crippen LogP contribution in [0.3, 0.4) is 0 Å². The van der Waals surface area contributed by atoms with Crippen LogP contribution in [0.5, 0.6) is 0 Å². The Morgan fingerprint density at radius 3 is 2.48 bits per heavy atom. The summed E-state index contributed by atoms with van der Waals surface area (Å²) in [6, 6.07) is 13.2. The molecule has 0 saturated carbocycles. The van der Waals surface area contributed by atoms with Crippen molar-refractivity contribution >= 4 is 25.2 Å². The van der Waals surface area contributed by atoms with Crippen LogP contribution >= 0.6 is 7.94 Å². The van der Waals surface area contributed by atoms with E-state index < -0.39 is 7.94 Å². The van der Waals surface area contributed by atoms with Gasteiger partial charge in [0.15, 0.2) is 0 Å². The van der Waals surface area contributed by atoms with Crippen molar-refractivity contribution in [1.29, 1.82) is 0 Å². The second-order valence-electron chi connectivity index (χ2n) is 7.66. The van der Waals surface area contributed by atoms with Gasteiger partial charge in [-0.05, 0) is 12.1 Å². The van der Waals surface area contributed by atoms with Crippen molar-refractivity contribution in [3.63, 3.8) is 0 Å². The van der Waals surface area contributed by atoms with E-state index in [1.54, 1.807) is 42.6 Å². The molecule has 1 saturated heterocycles. The van der Waals surface area contributed by atoms with Gasteiger partial charge in [-0.2, -0.15) is 0 Å².